The van der Waals surface area contributed by atoms with Crippen LogP contribution >= 0.6 is 0 Å². The molecule has 4 aromatic carbocycles. The maximum absolute atomic E-state index is 4.51. The van der Waals surface area contributed by atoms with E-state index >= 15 is 0 Å². The zero-order chi connectivity index (χ0) is 20.8. The van der Waals surface area contributed by atoms with E-state index in [1.165, 1.54) is 5.56 Å². The van der Waals surface area contributed by atoms with Gasteiger partial charge in [-0.1, -0.05) is 68.4 Å². The van der Waals surface area contributed by atoms with Crippen LogP contribution in [0, 0.1) is 5.92 Å². The van der Waals surface area contributed by atoms with Gasteiger partial charge in [-0.3, -0.25) is 0 Å². The van der Waals surface area contributed by atoms with Crippen LogP contribution in [0.15, 0.2) is 111 Å². The van der Waals surface area contributed by atoms with Crippen LogP contribution in [-0.4, -0.2) is 0 Å². The number of rotatable bonds is 6. The second-order valence-electron chi connectivity index (χ2n) is 7.65. The summed E-state index contributed by atoms with van der Waals surface area (Å²) in [7, 11) is 0. The first-order valence-electron chi connectivity index (χ1n) is 10.2. The summed E-state index contributed by atoms with van der Waals surface area (Å²) < 4.78 is 0. The van der Waals surface area contributed by atoms with Gasteiger partial charge in [-0.15, -0.1) is 10.2 Å². The molecule has 148 valence electrons. The topological polar surface area (TPSA) is 49.4 Å². The van der Waals surface area contributed by atoms with Crippen molar-refractivity contribution in [2.24, 2.45) is 26.4 Å². The molecular weight excluding hydrogens is 368 g/mol. The molecule has 0 aliphatic rings. The van der Waals surface area contributed by atoms with Gasteiger partial charge in [0, 0.05) is 10.8 Å². The van der Waals surface area contributed by atoms with Crippen molar-refractivity contribution in [1.82, 2.24) is 0 Å². The molecule has 0 atom stereocenters. The first-order chi connectivity index (χ1) is 14.7. The van der Waals surface area contributed by atoms with Gasteiger partial charge in [-0.25, -0.2) is 0 Å². The summed E-state index contributed by atoms with van der Waals surface area (Å²) in [6.07, 6.45) is 1.07. The number of benzene rings is 4. The predicted molar refractivity (Wildman–Crippen MR) is 124 cm³/mol. The van der Waals surface area contributed by atoms with Crippen LogP contribution in [0.1, 0.15) is 19.4 Å². The van der Waals surface area contributed by atoms with Crippen LogP contribution in [-0.2, 0) is 6.42 Å². The number of fused-ring (bicyclic) bond motifs is 1. The molecule has 0 saturated carbocycles. The summed E-state index contributed by atoms with van der Waals surface area (Å²) in [5, 5.41) is 19.8. The van der Waals surface area contributed by atoms with E-state index in [0.29, 0.717) is 5.92 Å². The van der Waals surface area contributed by atoms with Gasteiger partial charge in [0.15, 0.2) is 0 Å². The number of nitrogens with zero attached hydrogens (tertiary/aromatic N) is 4. The fraction of sp³-hybridized carbons (Fsp3) is 0.154. The normalized spacial score (nSPS) is 11.8. The smallest absolute Gasteiger partial charge is 0.0936 e. The fourth-order valence-electron chi connectivity index (χ4n) is 3.33. The van der Waals surface area contributed by atoms with Crippen LogP contribution in [0.5, 0.6) is 0 Å². The molecule has 0 saturated heterocycles. The van der Waals surface area contributed by atoms with Crippen molar-refractivity contribution in [2.45, 2.75) is 20.3 Å². The van der Waals surface area contributed by atoms with E-state index < -0.39 is 0 Å². The van der Waals surface area contributed by atoms with E-state index in [-0.39, 0.29) is 0 Å². The summed E-state index contributed by atoms with van der Waals surface area (Å²) in [6, 6.07) is 30.0. The monoisotopic (exact) mass is 392 g/mol. The summed E-state index contributed by atoms with van der Waals surface area (Å²) in [5.74, 6) is 0.640. The Bertz CT molecular complexity index is 1180. The van der Waals surface area contributed by atoms with Crippen LogP contribution < -0.4 is 0 Å². The average Bonchev–Trinajstić information content (AvgIpc) is 2.78. The third-order valence-electron chi connectivity index (χ3n) is 4.76. The Morgan fingerprint density at radius 3 is 1.57 bits per heavy atom. The SMILES string of the molecule is CC(C)Cc1ccc(N=Nc2ccc(N=Nc3ccccc3)c3ccccc23)cc1. The van der Waals surface area contributed by atoms with E-state index in [9.17, 15) is 0 Å². The summed E-state index contributed by atoms with van der Waals surface area (Å²) in [4.78, 5) is 0. The van der Waals surface area contributed by atoms with Gasteiger partial charge in [0.25, 0.3) is 0 Å². The van der Waals surface area contributed by atoms with E-state index in [1.54, 1.807) is 0 Å². The van der Waals surface area contributed by atoms with Crippen LogP contribution in [0.2, 0.25) is 0 Å². The molecule has 4 rings (SSSR count). The maximum atomic E-state index is 4.51. The highest BCUT2D eigenvalue weighted by molar-refractivity contribution is 5.99. The standard InChI is InChI=1S/C26H24N4/c1-19(2)18-20-12-14-22(15-13-20)28-30-26-17-16-25(23-10-6-7-11-24(23)26)29-27-21-8-4-3-5-9-21/h3-17,19H,18H2,1-2H3. The highest BCUT2D eigenvalue weighted by atomic mass is 15.1. The molecule has 30 heavy (non-hydrogen) atoms. The third kappa shape index (κ3) is 4.84. The highest BCUT2D eigenvalue weighted by Gasteiger charge is 2.05. The van der Waals surface area contributed by atoms with Crippen molar-refractivity contribution < 1.29 is 0 Å². The van der Waals surface area contributed by atoms with Gasteiger partial charge in [0.1, 0.15) is 0 Å². The molecule has 0 spiro atoms. The molecule has 0 heterocycles. The van der Waals surface area contributed by atoms with Gasteiger partial charge in [-0.05, 0) is 54.3 Å². The molecule has 4 heteroatoms. The minimum absolute atomic E-state index is 0.640. The van der Waals surface area contributed by atoms with Gasteiger partial charge < -0.3 is 0 Å². The molecule has 4 nitrogen and oxygen atoms in total. The second kappa shape index (κ2) is 9.23. The van der Waals surface area contributed by atoms with Crippen molar-refractivity contribution in [2.75, 3.05) is 0 Å². The molecule has 4 aromatic rings. The van der Waals surface area contributed by atoms with Crippen molar-refractivity contribution in [3.63, 3.8) is 0 Å². The Morgan fingerprint density at radius 2 is 1.03 bits per heavy atom. The van der Waals surface area contributed by atoms with E-state index in [1.807, 2.05) is 78.9 Å². The third-order valence-corrected chi connectivity index (χ3v) is 4.76. The Hall–Kier alpha value is -3.66. The summed E-state index contributed by atoms with van der Waals surface area (Å²) in [6.45, 7) is 4.45. The Morgan fingerprint density at radius 1 is 0.533 bits per heavy atom. The largest absolute Gasteiger partial charge is 0.151 e. The Balaban J connectivity index is 1.61. The van der Waals surface area contributed by atoms with Crippen molar-refractivity contribution in [1.29, 1.82) is 0 Å². The lowest BCUT2D eigenvalue weighted by Crippen LogP contribution is -1.92. The summed E-state index contributed by atoms with van der Waals surface area (Å²) >= 11 is 0. The predicted octanol–water partition coefficient (Wildman–Crippen LogP) is 8.87. The first-order valence-corrected chi connectivity index (χ1v) is 10.2. The van der Waals surface area contributed by atoms with Crippen molar-refractivity contribution >= 4 is 33.5 Å². The minimum Gasteiger partial charge on any atom is -0.151 e. The summed E-state index contributed by atoms with van der Waals surface area (Å²) in [5.41, 5.74) is 4.62. The number of hydrogen-bond donors (Lipinski definition) is 0. The van der Waals surface area contributed by atoms with Gasteiger partial charge >= 0.3 is 0 Å². The maximum Gasteiger partial charge on any atom is 0.0936 e. The molecule has 0 aliphatic carbocycles. The zero-order valence-corrected chi connectivity index (χ0v) is 17.2. The van der Waals surface area contributed by atoms with Gasteiger partial charge in [0.05, 0.1) is 22.7 Å². The molecule has 0 radical (unpaired) electrons. The quantitative estimate of drug-likeness (QED) is 0.294. The van der Waals surface area contributed by atoms with Crippen LogP contribution in [0.3, 0.4) is 0 Å². The van der Waals surface area contributed by atoms with Gasteiger partial charge in [-0.2, -0.15) is 10.2 Å². The molecule has 0 aromatic heterocycles. The lowest BCUT2D eigenvalue weighted by molar-refractivity contribution is 0.647. The van der Waals surface area contributed by atoms with E-state index in [0.717, 1.165) is 39.9 Å². The zero-order valence-electron chi connectivity index (χ0n) is 17.2. The lowest BCUT2D eigenvalue weighted by atomic mass is 10.0. The van der Waals surface area contributed by atoms with E-state index in [2.05, 4.69) is 46.4 Å². The lowest BCUT2D eigenvalue weighted by Gasteiger charge is -2.05. The molecule has 0 N–H and O–H groups in total. The Labute approximate surface area is 177 Å². The molecule has 0 unspecified atom stereocenters. The van der Waals surface area contributed by atoms with E-state index in [4.69, 9.17) is 0 Å². The second-order valence-corrected chi connectivity index (χ2v) is 7.65. The van der Waals surface area contributed by atoms with Crippen LogP contribution in [0.25, 0.3) is 10.8 Å². The first kappa shape index (κ1) is 19.6. The van der Waals surface area contributed by atoms with Crippen molar-refractivity contribution in [3.8, 4) is 0 Å². The molecule has 0 aliphatic heterocycles. The highest BCUT2D eigenvalue weighted by Crippen LogP contribution is 2.35. The molecule has 0 fully saturated rings. The number of azo groups is 2. The number of hydrogen-bond acceptors (Lipinski definition) is 4. The van der Waals surface area contributed by atoms with Gasteiger partial charge in [0.2, 0.25) is 0 Å². The molecule has 0 bridgehead atoms. The molecular formula is C26H24N4. The van der Waals surface area contributed by atoms with Crippen LogP contribution in [0.4, 0.5) is 22.7 Å². The minimum atomic E-state index is 0.640. The average molecular weight is 393 g/mol. The molecule has 0 amide bonds. The Kier molecular flexibility index (Phi) is 6.04. The van der Waals surface area contributed by atoms with Crippen molar-refractivity contribution in [3.05, 3.63) is 96.6 Å². The fourth-order valence-corrected chi connectivity index (χ4v) is 3.33.